The van der Waals surface area contributed by atoms with E-state index in [1.807, 2.05) is 18.2 Å². The molecule has 0 bridgehead atoms. The van der Waals surface area contributed by atoms with E-state index >= 15 is 0 Å². The van der Waals surface area contributed by atoms with Crippen LogP contribution in [0.15, 0.2) is 34.7 Å². The van der Waals surface area contributed by atoms with E-state index in [-0.39, 0.29) is 11.8 Å². The molecule has 2 aromatic heterocycles. The van der Waals surface area contributed by atoms with Crippen molar-refractivity contribution < 1.29 is 10.2 Å². The summed E-state index contributed by atoms with van der Waals surface area (Å²) >= 11 is 3.25. The average molecular weight is 391 g/mol. The maximum atomic E-state index is 10.4. The molecule has 0 amide bonds. The highest BCUT2D eigenvalue weighted by Gasteiger charge is 2.14. The van der Waals surface area contributed by atoms with E-state index in [2.05, 4.69) is 18.0 Å². The second-order valence-corrected chi connectivity index (χ2v) is 8.76. The summed E-state index contributed by atoms with van der Waals surface area (Å²) in [5, 5.41) is 20.6. The molecule has 0 unspecified atom stereocenters. The van der Waals surface area contributed by atoms with Gasteiger partial charge in [-0.3, -0.25) is 4.57 Å². The Labute approximate surface area is 162 Å². The molecule has 0 saturated heterocycles. The molecule has 26 heavy (non-hydrogen) atoms. The number of rotatable bonds is 10. The summed E-state index contributed by atoms with van der Waals surface area (Å²) in [5.41, 5.74) is 1.77. The van der Waals surface area contributed by atoms with Gasteiger partial charge in [0, 0.05) is 23.9 Å². The fourth-order valence-electron chi connectivity index (χ4n) is 3.01. The molecule has 0 fully saturated rings. The lowest BCUT2D eigenvalue weighted by Crippen LogP contribution is -1.97. The van der Waals surface area contributed by atoms with Gasteiger partial charge in [0.15, 0.2) is 16.1 Å². The maximum Gasteiger partial charge on any atom is 0.198 e. The number of hydrogen-bond donors (Lipinski definition) is 2. The summed E-state index contributed by atoms with van der Waals surface area (Å²) < 4.78 is 3.77. The number of fused-ring (bicyclic) bond motifs is 1. The van der Waals surface area contributed by atoms with E-state index in [0.717, 1.165) is 28.3 Å². The number of hydrogen-bond acceptors (Lipinski definition) is 5. The van der Waals surface area contributed by atoms with E-state index in [0.29, 0.717) is 12.3 Å². The van der Waals surface area contributed by atoms with Gasteiger partial charge in [-0.2, -0.15) is 0 Å². The summed E-state index contributed by atoms with van der Waals surface area (Å²) in [6.45, 7) is 2.87. The van der Waals surface area contributed by atoms with Crippen molar-refractivity contribution in [2.75, 3.05) is 0 Å². The first kappa shape index (κ1) is 19.1. The minimum Gasteiger partial charge on any atom is -0.494 e. The van der Waals surface area contributed by atoms with Gasteiger partial charge in [0.1, 0.15) is 0 Å². The van der Waals surface area contributed by atoms with E-state index in [1.165, 1.54) is 30.4 Å². The minimum atomic E-state index is 0.149. The third-order valence-electron chi connectivity index (χ3n) is 4.48. The first-order valence-electron chi connectivity index (χ1n) is 9.27. The molecule has 3 rings (SSSR count). The van der Waals surface area contributed by atoms with Crippen molar-refractivity contribution in [3.8, 4) is 11.8 Å². The largest absolute Gasteiger partial charge is 0.494 e. The molecule has 6 heteroatoms. The summed E-state index contributed by atoms with van der Waals surface area (Å²) in [6.07, 6.45) is 7.12. The fraction of sp³-hybridized carbons (Fsp3) is 0.450. The van der Waals surface area contributed by atoms with Crippen molar-refractivity contribution >= 4 is 33.3 Å². The Morgan fingerprint density at radius 3 is 2.65 bits per heavy atom. The molecule has 0 aliphatic rings. The monoisotopic (exact) mass is 390 g/mol. The van der Waals surface area contributed by atoms with Crippen molar-refractivity contribution in [2.24, 2.45) is 0 Å². The Morgan fingerprint density at radius 1 is 1.08 bits per heavy atom. The van der Waals surface area contributed by atoms with Crippen LogP contribution in [0.3, 0.4) is 0 Å². The Bertz CT molecular complexity index is 809. The molecular weight excluding hydrogens is 364 g/mol. The average Bonchev–Trinajstić information content (AvgIpc) is 3.17. The van der Waals surface area contributed by atoms with E-state index in [1.54, 1.807) is 33.7 Å². The zero-order chi connectivity index (χ0) is 18.4. The van der Waals surface area contributed by atoms with Gasteiger partial charge in [0.25, 0.3) is 0 Å². The number of nitrogens with zero attached hydrogens (tertiary/aromatic N) is 2. The number of thioether (sulfide) groups is 1. The molecule has 1 aromatic carbocycles. The summed E-state index contributed by atoms with van der Waals surface area (Å²) in [4.78, 5) is 4.60. The maximum absolute atomic E-state index is 10.4. The van der Waals surface area contributed by atoms with Gasteiger partial charge in [-0.1, -0.05) is 62.9 Å². The molecule has 140 valence electrons. The highest BCUT2D eigenvalue weighted by atomic mass is 32.2. The Hall–Kier alpha value is -1.66. The lowest BCUT2D eigenvalue weighted by molar-refractivity contribution is 0.360. The SMILES string of the molecule is CCCCCCCCn1c(O)cc(CSc2nc3ccccc3s2)c1O. The number of thiazole rings is 1. The summed E-state index contributed by atoms with van der Waals surface area (Å²) in [6, 6.07) is 9.75. The highest BCUT2D eigenvalue weighted by Crippen LogP contribution is 2.36. The topological polar surface area (TPSA) is 58.3 Å². The van der Waals surface area contributed by atoms with E-state index in [9.17, 15) is 10.2 Å². The summed E-state index contributed by atoms with van der Waals surface area (Å²) in [7, 11) is 0. The zero-order valence-corrected chi connectivity index (χ0v) is 16.8. The molecular formula is C20H26N2O2S2. The normalized spacial score (nSPS) is 11.4. The van der Waals surface area contributed by atoms with Gasteiger partial charge in [-0.25, -0.2) is 4.98 Å². The van der Waals surface area contributed by atoms with Gasteiger partial charge in [0.05, 0.1) is 10.2 Å². The van der Waals surface area contributed by atoms with Crippen LogP contribution in [0, 0.1) is 0 Å². The van der Waals surface area contributed by atoms with Crippen LogP contribution in [-0.2, 0) is 12.3 Å². The second kappa shape index (κ2) is 9.33. The van der Waals surface area contributed by atoms with Crippen molar-refractivity contribution in [1.29, 1.82) is 0 Å². The molecule has 4 nitrogen and oxygen atoms in total. The van der Waals surface area contributed by atoms with Gasteiger partial charge in [-0.15, -0.1) is 11.3 Å². The molecule has 0 spiro atoms. The molecule has 0 aliphatic heterocycles. The first-order valence-corrected chi connectivity index (χ1v) is 11.1. The van der Waals surface area contributed by atoms with Crippen LogP contribution in [0.25, 0.3) is 10.2 Å². The number of unbranched alkanes of at least 4 members (excludes halogenated alkanes) is 5. The standard InChI is InChI=1S/C20H26N2O2S2/c1-2-3-4-5-6-9-12-22-18(23)13-15(19(22)24)14-25-20-21-16-10-7-8-11-17(16)26-20/h7-8,10-11,13,23-24H,2-6,9,12,14H2,1H3. The zero-order valence-electron chi connectivity index (χ0n) is 15.1. The van der Waals surface area contributed by atoms with Crippen molar-refractivity contribution in [2.45, 2.75) is 62.1 Å². The third kappa shape index (κ3) is 4.74. The first-order chi connectivity index (χ1) is 12.7. The van der Waals surface area contributed by atoms with Gasteiger partial charge in [-0.05, 0) is 18.6 Å². The molecule has 0 radical (unpaired) electrons. The van der Waals surface area contributed by atoms with Crippen LogP contribution in [0.1, 0.15) is 51.0 Å². The Kier molecular flexibility index (Phi) is 6.86. The van der Waals surface area contributed by atoms with E-state index < -0.39 is 0 Å². The third-order valence-corrected chi connectivity index (χ3v) is 6.71. The van der Waals surface area contributed by atoms with Crippen LogP contribution in [0.5, 0.6) is 11.8 Å². The Morgan fingerprint density at radius 2 is 1.85 bits per heavy atom. The molecule has 3 aromatic rings. The predicted molar refractivity (Wildman–Crippen MR) is 110 cm³/mol. The molecule has 0 atom stereocenters. The Balaban J connectivity index is 1.55. The van der Waals surface area contributed by atoms with Crippen LogP contribution in [0.2, 0.25) is 0 Å². The predicted octanol–water partition coefficient (Wildman–Crippen LogP) is 6.16. The quantitative estimate of drug-likeness (QED) is 0.321. The van der Waals surface area contributed by atoms with Crippen molar-refractivity contribution in [3.63, 3.8) is 0 Å². The lowest BCUT2D eigenvalue weighted by atomic mass is 10.1. The van der Waals surface area contributed by atoms with Crippen LogP contribution in [0.4, 0.5) is 0 Å². The number of benzene rings is 1. The fourth-order valence-corrected chi connectivity index (χ4v) is 5.04. The van der Waals surface area contributed by atoms with Crippen LogP contribution < -0.4 is 0 Å². The molecule has 2 N–H and O–H groups in total. The number of aromatic nitrogens is 2. The van der Waals surface area contributed by atoms with Gasteiger partial charge < -0.3 is 10.2 Å². The lowest BCUT2D eigenvalue weighted by Gasteiger charge is -2.07. The van der Waals surface area contributed by atoms with Gasteiger partial charge in [0.2, 0.25) is 0 Å². The number of para-hydroxylation sites is 1. The minimum absolute atomic E-state index is 0.149. The van der Waals surface area contributed by atoms with Crippen LogP contribution >= 0.6 is 23.1 Å². The number of aromatic hydroxyl groups is 2. The highest BCUT2D eigenvalue weighted by molar-refractivity contribution is 8.00. The van der Waals surface area contributed by atoms with Gasteiger partial charge >= 0.3 is 0 Å². The molecule has 2 heterocycles. The smallest absolute Gasteiger partial charge is 0.198 e. The van der Waals surface area contributed by atoms with E-state index in [4.69, 9.17) is 0 Å². The van der Waals surface area contributed by atoms with Crippen molar-refractivity contribution in [3.05, 3.63) is 35.9 Å². The molecule has 0 saturated carbocycles. The van der Waals surface area contributed by atoms with Crippen molar-refractivity contribution in [1.82, 2.24) is 9.55 Å². The van der Waals surface area contributed by atoms with Crippen LogP contribution in [-0.4, -0.2) is 19.8 Å². The molecule has 0 aliphatic carbocycles. The summed E-state index contributed by atoms with van der Waals surface area (Å²) in [5.74, 6) is 0.934. The second-order valence-electron chi connectivity index (χ2n) is 6.51.